The molecule has 0 heterocycles. The van der Waals surface area contributed by atoms with E-state index in [1.54, 1.807) is 75.4 Å². The molecule has 0 radical (unpaired) electrons. The van der Waals surface area contributed by atoms with Crippen molar-refractivity contribution in [3.63, 3.8) is 0 Å². The van der Waals surface area contributed by atoms with Gasteiger partial charge in [0.15, 0.2) is 0 Å². The van der Waals surface area contributed by atoms with Gasteiger partial charge >= 0.3 is 0 Å². The first-order valence-corrected chi connectivity index (χ1v) is 15.2. The Labute approximate surface area is 251 Å². The SMILES string of the molecule is CC(C)NC(=O)[C@H](C)N(Cc1ccc(F)cc1)C(=O)CN(c1ccc(Oc2ccccc2)cc1)S(=O)(=O)c1ccccc1. The average molecular weight is 604 g/mol. The van der Waals surface area contributed by atoms with E-state index < -0.39 is 40.2 Å². The van der Waals surface area contributed by atoms with Crippen molar-refractivity contribution >= 4 is 27.5 Å². The van der Waals surface area contributed by atoms with Crippen molar-refractivity contribution in [2.24, 2.45) is 0 Å². The molecule has 4 rings (SSSR count). The maximum absolute atomic E-state index is 14.0. The highest BCUT2D eigenvalue weighted by molar-refractivity contribution is 7.92. The number of hydrogen-bond donors (Lipinski definition) is 1. The molecule has 0 bridgehead atoms. The molecule has 0 fully saturated rings. The van der Waals surface area contributed by atoms with E-state index in [-0.39, 0.29) is 23.2 Å². The minimum atomic E-state index is -4.20. The first-order valence-electron chi connectivity index (χ1n) is 13.8. The second kappa shape index (κ2) is 14.0. The molecular formula is C33H34FN3O5S. The predicted molar refractivity (Wildman–Crippen MR) is 164 cm³/mol. The molecule has 224 valence electrons. The lowest BCUT2D eigenvalue weighted by Crippen LogP contribution is -2.52. The maximum Gasteiger partial charge on any atom is 0.264 e. The van der Waals surface area contributed by atoms with Gasteiger partial charge in [0.05, 0.1) is 10.6 Å². The van der Waals surface area contributed by atoms with Gasteiger partial charge in [-0.3, -0.25) is 13.9 Å². The highest BCUT2D eigenvalue weighted by Crippen LogP contribution is 2.28. The fraction of sp³-hybridized carbons (Fsp3) is 0.212. The van der Waals surface area contributed by atoms with E-state index in [0.29, 0.717) is 17.1 Å². The summed E-state index contributed by atoms with van der Waals surface area (Å²) in [5.41, 5.74) is 0.817. The summed E-state index contributed by atoms with van der Waals surface area (Å²) < 4.78 is 48.3. The molecule has 0 saturated carbocycles. The van der Waals surface area contributed by atoms with Crippen LogP contribution >= 0.6 is 0 Å². The van der Waals surface area contributed by atoms with Crippen LogP contribution in [-0.4, -0.2) is 43.8 Å². The normalized spacial score (nSPS) is 11.9. The van der Waals surface area contributed by atoms with Gasteiger partial charge in [-0.25, -0.2) is 12.8 Å². The maximum atomic E-state index is 14.0. The first kappa shape index (κ1) is 31.2. The molecule has 0 aliphatic heterocycles. The van der Waals surface area contributed by atoms with Gasteiger partial charge in [0.2, 0.25) is 11.8 Å². The van der Waals surface area contributed by atoms with Gasteiger partial charge in [0.1, 0.15) is 29.9 Å². The van der Waals surface area contributed by atoms with Gasteiger partial charge in [-0.1, -0.05) is 48.5 Å². The molecular weight excluding hydrogens is 569 g/mol. The van der Waals surface area contributed by atoms with E-state index >= 15 is 0 Å². The number of amides is 2. The molecule has 43 heavy (non-hydrogen) atoms. The summed E-state index contributed by atoms with van der Waals surface area (Å²) in [6.07, 6.45) is 0. The van der Waals surface area contributed by atoms with Crippen LogP contribution in [0.15, 0.2) is 114 Å². The summed E-state index contributed by atoms with van der Waals surface area (Å²) in [4.78, 5) is 28.3. The van der Waals surface area contributed by atoms with Crippen LogP contribution in [0.3, 0.4) is 0 Å². The van der Waals surface area contributed by atoms with E-state index in [1.807, 2.05) is 18.2 Å². The lowest BCUT2D eigenvalue weighted by Gasteiger charge is -2.32. The van der Waals surface area contributed by atoms with Crippen LogP contribution < -0.4 is 14.4 Å². The van der Waals surface area contributed by atoms with Gasteiger partial charge in [0.25, 0.3) is 10.0 Å². The molecule has 0 aliphatic carbocycles. The summed E-state index contributed by atoms with van der Waals surface area (Å²) >= 11 is 0. The number of nitrogens with one attached hydrogen (secondary N) is 1. The molecule has 0 aromatic heterocycles. The van der Waals surface area contributed by atoms with E-state index in [4.69, 9.17) is 4.74 Å². The lowest BCUT2D eigenvalue weighted by molar-refractivity contribution is -0.139. The molecule has 2 amide bonds. The number of anilines is 1. The lowest BCUT2D eigenvalue weighted by atomic mass is 10.1. The summed E-state index contributed by atoms with van der Waals surface area (Å²) in [6, 6.07) is 27.8. The van der Waals surface area contributed by atoms with Crippen LogP contribution in [0.5, 0.6) is 11.5 Å². The van der Waals surface area contributed by atoms with Crippen LogP contribution in [0.1, 0.15) is 26.3 Å². The number of hydrogen-bond acceptors (Lipinski definition) is 5. The fourth-order valence-corrected chi connectivity index (χ4v) is 5.76. The number of para-hydroxylation sites is 1. The fourth-order valence-electron chi connectivity index (χ4n) is 4.33. The second-order valence-corrected chi connectivity index (χ2v) is 12.1. The second-order valence-electron chi connectivity index (χ2n) is 10.2. The van der Waals surface area contributed by atoms with E-state index in [0.717, 1.165) is 4.31 Å². The topological polar surface area (TPSA) is 96.0 Å². The van der Waals surface area contributed by atoms with Crippen LogP contribution in [0.4, 0.5) is 10.1 Å². The molecule has 0 spiro atoms. The quantitative estimate of drug-likeness (QED) is 0.222. The molecule has 8 nitrogen and oxygen atoms in total. The van der Waals surface area contributed by atoms with E-state index in [2.05, 4.69) is 5.32 Å². The highest BCUT2D eigenvalue weighted by Gasteiger charge is 2.32. The van der Waals surface area contributed by atoms with Gasteiger partial charge in [-0.2, -0.15) is 0 Å². The summed E-state index contributed by atoms with van der Waals surface area (Å²) in [7, 11) is -4.20. The molecule has 4 aromatic carbocycles. The zero-order valence-corrected chi connectivity index (χ0v) is 25.0. The number of nitrogens with zero attached hydrogens (tertiary/aromatic N) is 2. The standard InChI is InChI=1S/C33H34FN3O5S/c1-24(2)35-33(39)25(3)36(22-26-14-16-27(34)17-15-26)32(38)23-37(43(40,41)31-12-8-5-9-13-31)28-18-20-30(21-19-28)42-29-10-6-4-7-11-29/h4-21,24-25H,22-23H2,1-3H3,(H,35,39)/t25-/m0/s1. The van der Waals surface area contributed by atoms with Crippen molar-refractivity contribution in [3.05, 3.63) is 121 Å². The van der Waals surface area contributed by atoms with Crippen LogP contribution in [-0.2, 0) is 26.2 Å². The third-order valence-corrected chi connectivity index (χ3v) is 8.37. The Hall–Kier alpha value is -4.70. The number of benzene rings is 4. The molecule has 1 N–H and O–H groups in total. The molecule has 10 heteroatoms. The minimum Gasteiger partial charge on any atom is -0.457 e. The minimum absolute atomic E-state index is 0.00287. The molecule has 4 aromatic rings. The third kappa shape index (κ3) is 8.20. The Morgan fingerprint density at radius 1 is 0.791 bits per heavy atom. The smallest absolute Gasteiger partial charge is 0.264 e. The van der Waals surface area contributed by atoms with Crippen molar-refractivity contribution in [1.29, 1.82) is 0 Å². The first-order chi connectivity index (χ1) is 20.5. The van der Waals surface area contributed by atoms with Crippen molar-refractivity contribution in [2.45, 2.75) is 44.3 Å². The number of ether oxygens (including phenoxy) is 1. The average Bonchev–Trinajstić information content (AvgIpc) is 3.00. The summed E-state index contributed by atoms with van der Waals surface area (Å²) in [5.74, 6) is -0.350. The Bertz CT molecular complexity index is 1620. The number of halogens is 1. The zero-order chi connectivity index (χ0) is 31.0. The van der Waals surface area contributed by atoms with Crippen molar-refractivity contribution in [2.75, 3.05) is 10.8 Å². The van der Waals surface area contributed by atoms with Crippen LogP contribution in [0.2, 0.25) is 0 Å². The van der Waals surface area contributed by atoms with Crippen molar-refractivity contribution in [1.82, 2.24) is 10.2 Å². The largest absolute Gasteiger partial charge is 0.457 e. The Morgan fingerprint density at radius 3 is 1.93 bits per heavy atom. The number of rotatable bonds is 12. The van der Waals surface area contributed by atoms with Gasteiger partial charge < -0.3 is 15.0 Å². The van der Waals surface area contributed by atoms with Gasteiger partial charge in [-0.05, 0) is 87.0 Å². The van der Waals surface area contributed by atoms with Gasteiger partial charge in [-0.15, -0.1) is 0 Å². The van der Waals surface area contributed by atoms with Crippen molar-refractivity contribution in [3.8, 4) is 11.5 Å². The predicted octanol–water partition coefficient (Wildman–Crippen LogP) is 5.76. The zero-order valence-electron chi connectivity index (χ0n) is 24.2. The Kier molecular flexibility index (Phi) is 10.2. The Balaban J connectivity index is 1.69. The molecule has 0 aliphatic rings. The molecule has 1 atom stereocenters. The van der Waals surface area contributed by atoms with Crippen LogP contribution in [0, 0.1) is 5.82 Å². The monoisotopic (exact) mass is 603 g/mol. The summed E-state index contributed by atoms with van der Waals surface area (Å²) in [5, 5.41) is 2.80. The molecule has 0 saturated heterocycles. The Morgan fingerprint density at radius 2 is 1.35 bits per heavy atom. The third-order valence-electron chi connectivity index (χ3n) is 6.58. The number of carbonyl (C=O) groups excluding carboxylic acids is 2. The summed E-state index contributed by atoms with van der Waals surface area (Å²) in [6.45, 7) is 4.56. The highest BCUT2D eigenvalue weighted by atomic mass is 32.2. The van der Waals surface area contributed by atoms with Gasteiger partial charge in [0, 0.05) is 12.6 Å². The number of carbonyl (C=O) groups is 2. The van der Waals surface area contributed by atoms with Crippen LogP contribution in [0.25, 0.3) is 0 Å². The molecule has 0 unspecified atom stereocenters. The van der Waals surface area contributed by atoms with Crippen molar-refractivity contribution < 1.29 is 27.1 Å². The van der Waals surface area contributed by atoms with E-state index in [1.165, 1.54) is 41.3 Å². The van der Waals surface area contributed by atoms with E-state index in [9.17, 15) is 22.4 Å². The number of sulfonamides is 1.